The third-order valence-electron chi connectivity index (χ3n) is 5.49. The normalized spacial score (nSPS) is 13.9. The van der Waals surface area contributed by atoms with E-state index in [0.717, 1.165) is 57.8 Å². The van der Waals surface area contributed by atoms with Crippen LogP contribution in [0.2, 0.25) is 0 Å². The number of unbranched alkanes of at least 4 members (excludes halogenated alkanes) is 11. The molecule has 0 spiro atoms. The second kappa shape index (κ2) is 21.7. The van der Waals surface area contributed by atoms with E-state index in [1.165, 1.54) is 44.9 Å². The van der Waals surface area contributed by atoms with Gasteiger partial charge in [-0.3, -0.25) is 0 Å². The van der Waals surface area contributed by atoms with Crippen LogP contribution in [0.25, 0.3) is 0 Å². The summed E-state index contributed by atoms with van der Waals surface area (Å²) in [6.45, 7) is 4.37. The Bertz CT molecular complexity index is 415. The van der Waals surface area contributed by atoms with E-state index in [2.05, 4.69) is 13.8 Å². The molecule has 4 nitrogen and oxygen atoms in total. The first kappa shape index (κ1) is 31.7. The van der Waals surface area contributed by atoms with Crippen LogP contribution in [-0.2, 0) is 10.1 Å². The van der Waals surface area contributed by atoms with Crippen molar-refractivity contribution in [3.8, 4) is 0 Å². The standard InChI is InChI=1S/C22H46O4S.K/c1-3-5-7-9-10-11-15-19-22(27(24,25)26)20-16-12-14-18-21(23)17-13-8-6-4-2;/h21-23H,3-20H2,1-2H3,(H,24,25,26);/q;+1/p-1. The van der Waals surface area contributed by atoms with E-state index >= 15 is 0 Å². The van der Waals surface area contributed by atoms with Crippen molar-refractivity contribution in [3.05, 3.63) is 0 Å². The Labute approximate surface area is 218 Å². The fourth-order valence-electron chi connectivity index (χ4n) is 3.64. The van der Waals surface area contributed by atoms with Crippen LogP contribution in [0.5, 0.6) is 0 Å². The van der Waals surface area contributed by atoms with Gasteiger partial charge in [0.2, 0.25) is 0 Å². The van der Waals surface area contributed by atoms with E-state index < -0.39 is 15.4 Å². The maximum absolute atomic E-state index is 11.5. The topological polar surface area (TPSA) is 77.4 Å². The molecule has 0 bridgehead atoms. The third kappa shape index (κ3) is 20.8. The van der Waals surface area contributed by atoms with Crippen molar-refractivity contribution in [1.82, 2.24) is 0 Å². The Hall–Kier alpha value is 1.51. The van der Waals surface area contributed by atoms with Gasteiger partial charge in [0.1, 0.15) is 0 Å². The Morgan fingerprint density at radius 2 is 0.964 bits per heavy atom. The van der Waals surface area contributed by atoms with Crippen LogP contribution in [-0.4, -0.2) is 29.4 Å². The zero-order valence-electron chi connectivity index (χ0n) is 19.0. The average molecular weight is 445 g/mol. The monoisotopic (exact) mass is 444 g/mol. The first-order chi connectivity index (χ1) is 12.9. The van der Waals surface area contributed by atoms with E-state index in [1.54, 1.807) is 0 Å². The van der Waals surface area contributed by atoms with Gasteiger partial charge in [-0.05, 0) is 25.7 Å². The van der Waals surface area contributed by atoms with Crippen LogP contribution in [0.15, 0.2) is 0 Å². The zero-order valence-corrected chi connectivity index (χ0v) is 22.9. The predicted molar refractivity (Wildman–Crippen MR) is 114 cm³/mol. The van der Waals surface area contributed by atoms with Gasteiger partial charge < -0.3 is 9.66 Å². The summed E-state index contributed by atoms with van der Waals surface area (Å²) in [4.78, 5) is 0. The Balaban J connectivity index is 0. The molecule has 28 heavy (non-hydrogen) atoms. The maximum Gasteiger partial charge on any atom is 1.00 e. The van der Waals surface area contributed by atoms with Crippen LogP contribution in [0, 0.1) is 0 Å². The summed E-state index contributed by atoms with van der Waals surface area (Å²) in [5, 5.41) is 9.25. The van der Waals surface area contributed by atoms with Crippen molar-refractivity contribution >= 4 is 10.1 Å². The Morgan fingerprint density at radius 1 is 0.643 bits per heavy atom. The summed E-state index contributed by atoms with van der Waals surface area (Å²) in [6, 6.07) is 0. The molecule has 0 aliphatic rings. The van der Waals surface area contributed by atoms with Gasteiger partial charge in [-0.25, -0.2) is 8.42 Å². The van der Waals surface area contributed by atoms with Crippen LogP contribution in [0.4, 0.5) is 0 Å². The molecule has 0 aliphatic carbocycles. The van der Waals surface area contributed by atoms with E-state index in [0.29, 0.717) is 12.8 Å². The smallest absolute Gasteiger partial charge is 0.748 e. The minimum absolute atomic E-state index is 0. The molecule has 2 atom stereocenters. The molecule has 0 rings (SSSR count). The van der Waals surface area contributed by atoms with Crippen molar-refractivity contribution in [2.45, 2.75) is 141 Å². The van der Waals surface area contributed by atoms with Gasteiger partial charge in [-0.1, -0.05) is 104 Å². The number of hydrogen-bond donors (Lipinski definition) is 1. The molecule has 1 N–H and O–H groups in total. The molecule has 0 aromatic carbocycles. The van der Waals surface area contributed by atoms with E-state index in [-0.39, 0.29) is 57.5 Å². The van der Waals surface area contributed by atoms with E-state index in [1.807, 2.05) is 0 Å². The minimum atomic E-state index is -4.19. The van der Waals surface area contributed by atoms with Gasteiger partial charge in [-0.15, -0.1) is 0 Å². The van der Waals surface area contributed by atoms with Crippen molar-refractivity contribution in [3.63, 3.8) is 0 Å². The second-order valence-electron chi connectivity index (χ2n) is 8.17. The van der Waals surface area contributed by atoms with Crippen molar-refractivity contribution in [1.29, 1.82) is 0 Å². The number of aliphatic hydroxyl groups is 1. The molecule has 0 fully saturated rings. The summed E-state index contributed by atoms with van der Waals surface area (Å²) < 4.78 is 34.5. The molecule has 0 aliphatic heterocycles. The van der Waals surface area contributed by atoms with Crippen LogP contribution in [0.3, 0.4) is 0 Å². The minimum Gasteiger partial charge on any atom is -0.748 e. The summed E-state index contributed by atoms with van der Waals surface area (Å²) in [5.41, 5.74) is 0. The zero-order chi connectivity index (χ0) is 20.4. The number of rotatable bonds is 20. The second-order valence-corrected chi connectivity index (χ2v) is 9.82. The quantitative estimate of drug-likeness (QED) is 0.177. The fraction of sp³-hybridized carbons (Fsp3) is 1.00. The molecule has 0 aromatic heterocycles. The third-order valence-corrected chi connectivity index (χ3v) is 6.78. The molecule has 0 radical (unpaired) electrons. The molecule has 0 amide bonds. The fourth-order valence-corrected chi connectivity index (χ4v) is 4.55. The van der Waals surface area contributed by atoms with Crippen LogP contribution in [0.1, 0.15) is 129 Å². The molecule has 0 heterocycles. The Morgan fingerprint density at radius 3 is 1.39 bits per heavy atom. The first-order valence-corrected chi connectivity index (χ1v) is 13.0. The summed E-state index contributed by atoms with van der Waals surface area (Å²) >= 11 is 0. The van der Waals surface area contributed by atoms with Gasteiger partial charge in [0, 0.05) is 5.25 Å². The molecule has 2 unspecified atom stereocenters. The Kier molecular flexibility index (Phi) is 24.6. The van der Waals surface area contributed by atoms with Crippen molar-refractivity contribution in [2.75, 3.05) is 0 Å². The largest absolute Gasteiger partial charge is 1.00 e. The molecular weight excluding hydrogens is 399 g/mol. The molecule has 0 saturated carbocycles. The van der Waals surface area contributed by atoms with E-state index in [4.69, 9.17) is 0 Å². The van der Waals surface area contributed by atoms with Crippen LogP contribution >= 0.6 is 0 Å². The summed E-state index contributed by atoms with van der Waals surface area (Å²) in [5.74, 6) is 0. The molecule has 6 heteroatoms. The average Bonchev–Trinajstić information content (AvgIpc) is 2.61. The number of hydrogen-bond acceptors (Lipinski definition) is 4. The molecule has 0 saturated heterocycles. The molecular formula is C22H45KO4S. The van der Waals surface area contributed by atoms with Crippen molar-refractivity contribution < 1.29 is 69.5 Å². The number of aliphatic hydroxyl groups excluding tert-OH is 1. The summed E-state index contributed by atoms with van der Waals surface area (Å²) in [6.07, 6.45) is 17.7. The molecule has 0 aromatic rings. The SMILES string of the molecule is CCCCCCCCCC(CCCCCC(O)CCCCCC)S(=O)(=O)[O-].[K+]. The van der Waals surface area contributed by atoms with Gasteiger partial charge >= 0.3 is 51.4 Å². The van der Waals surface area contributed by atoms with Gasteiger partial charge in [0.15, 0.2) is 0 Å². The maximum atomic E-state index is 11.5. The van der Waals surface area contributed by atoms with Gasteiger partial charge in [-0.2, -0.15) is 0 Å². The van der Waals surface area contributed by atoms with E-state index in [9.17, 15) is 18.1 Å². The molecule has 164 valence electrons. The van der Waals surface area contributed by atoms with Gasteiger partial charge in [0.05, 0.1) is 16.2 Å². The first-order valence-electron chi connectivity index (χ1n) is 11.5. The van der Waals surface area contributed by atoms with Crippen molar-refractivity contribution in [2.24, 2.45) is 0 Å². The van der Waals surface area contributed by atoms with Gasteiger partial charge in [0.25, 0.3) is 0 Å². The van der Waals surface area contributed by atoms with Crippen LogP contribution < -0.4 is 51.4 Å². The summed E-state index contributed by atoms with van der Waals surface area (Å²) in [7, 11) is -4.19. The predicted octanol–water partition coefficient (Wildman–Crippen LogP) is 3.33.